The summed E-state index contributed by atoms with van der Waals surface area (Å²) in [6.45, 7) is 7.35. The molecule has 0 radical (unpaired) electrons. The Hall–Kier alpha value is -3.07. The molecule has 1 fully saturated rings. The van der Waals surface area contributed by atoms with Gasteiger partial charge < -0.3 is 10.2 Å². The monoisotopic (exact) mass is 671 g/mol. The number of nitrogens with zero attached hydrogens (tertiary/aromatic N) is 2. The first-order chi connectivity index (χ1) is 21.4. The molecular weight excluding hydrogens is 629 g/mol. The number of rotatable bonds is 12. The summed E-state index contributed by atoms with van der Waals surface area (Å²) in [6, 6.07) is 18.0. The molecule has 2 amide bonds. The van der Waals surface area contributed by atoms with Crippen molar-refractivity contribution < 1.29 is 18.0 Å². The van der Waals surface area contributed by atoms with Gasteiger partial charge in [0.1, 0.15) is 12.6 Å². The van der Waals surface area contributed by atoms with Crippen molar-refractivity contribution in [3.8, 4) is 0 Å². The van der Waals surface area contributed by atoms with Crippen LogP contribution in [-0.4, -0.2) is 43.8 Å². The Kier molecular flexibility index (Phi) is 12.0. The van der Waals surface area contributed by atoms with Gasteiger partial charge in [-0.2, -0.15) is 0 Å². The number of amides is 2. The van der Waals surface area contributed by atoms with Crippen molar-refractivity contribution >= 4 is 50.7 Å². The van der Waals surface area contributed by atoms with Gasteiger partial charge in [0.25, 0.3) is 10.0 Å². The molecular formula is C35H43Cl2N3O4S. The van der Waals surface area contributed by atoms with Crippen molar-refractivity contribution in [2.24, 2.45) is 0 Å². The molecule has 3 aromatic carbocycles. The van der Waals surface area contributed by atoms with Crippen LogP contribution in [0.4, 0.5) is 5.69 Å². The predicted octanol–water partition coefficient (Wildman–Crippen LogP) is 7.88. The zero-order valence-corrected chi connectivity index (χ0v) is 28.8. The maximum atomic E-state index is 14.4. The second kappa shape index (κ2) is 15.5. The molecule has 1 unspecified atom stereocenters. The minimum absolute atomic E-state index is 0.0101. The molecule has 10 heteroatoms. The number of benzene rings is 3. The van der Waals surface area contributed by atoms with Gasteiger partial charge in [0.2, 0.25) is 11.8 Å². The Labute approximate surface area is 278 Å². The normalized spacial score (nSPS) is 14.6. The van der Waals surface area contributed by atoms with E-state index >= 15 is 0 Å². The molecule has 0 saturated heterocycles. The third-order valence-electron chi connectivity index (χ3n) is 8.43. The number of hydrogen-bond acceptors (Lipinski definition) is 4. The highest BCUT2D eigenvalue weighted by Gasteiger charge is 2.34. The lowest BCUT2D eigenvalue weighted by Gasteiger charge is -2.34. The zero-order valence-electron chi connectivity index (χ0n) is 26.4. The number of nitrogens with one attached hydrogen (secondary N) is 1. The summed E-state index contributed by atoms with van der Waals surface area (Å²) in [7, 11) is -4.15. The second-order valence-corrected chi connectivity index (χ2v) is 14.8. The van der Waals surface area contributed by atoms with Crippen LogP contribution in [0.3, 0.4) is 0 Å². The van der Waals surface area contributed by atoms with Crippen molar-refractivity contribution in [1.29, 1.82) is 0 Å². The number of aryl methyl sites for hydroxylation is 1. The Bertz CT molecular complexity index is 1570. The zero-order chi connectivity index (χ0) is 32.7. The molecule has 1 atom stereocenters. The minimum Gasteiger partial charge on any atom is -0.352 e. The van der Waals surface area contributed by atoms with Crippen molar-refractivity contribution in [2.45, 2.75) is 95.7 Å². The molecule has 1 saturated carbocycles. The lowest BCUT2D eigenvalue weighted by molar-refractivity contribution is -0.140. The van der Waals surface area contributed by atoms with Gasteiger partial charge in [0, 0.05) is 22.6 Å². The summed E-state index contributed by atoms with van der Waals surface area (Å²) in [5.41, 5.74) is 2.92. The third kappa shape index (κ3) is 8.81. The van der Waals surface area contributed by atoms with E-state index < -0.39 is 28.5 Å². The van der Waals surface area contributed by atoms with Crippen molar-refractivity contribution in [2.75, 3.05) is 10.8 Å². The predicted molar refractivity (Wildman–Crippen MR) is 182 cm³/mol. The first kappa shape index (κ1) is 34.8. The van der Waals surface area contributed by atoms with Crippen LogP contribution in [-0.2, 0) is 26.2 Å². The summed E-state index contributed by atoms with van der Waals surface area (Å²) in [6.07, 6.45) is 5.37. The van der Waals surface area contributed by atoms with Gasteiger partial charge in [-0.1, -0.05) is 99.1 Å². The van der Waals surface area contributed by atoms with E-state index in [2.05, 4.69) is 19.2 Å². The lowest BCUT2D eigenvalue weighted by atomic mass is 9.95. The van der Waals surface area contributed by atoms with Gasteiger partial charge >= 0.3 is 0 Å². The highest BCUT2D eigenvalue weighted by Crippen LogP contribution is 2.28. The van der Waals surface area contributed by atoms with Crippen molar-refractivity contribution in [1.82, 2.24) is 10.2 Å². The van der Waals surface area contributed by atoms with Crippen LogP contribution in [0, 0.1) is 6.92 Å². The smallest absolute Gasteiger partial charge is 0.264 e. The Morgan fingerprint density at radius 1 is 0.933 bits per heavy atom. The highest BCUT2D eigenvalue weighted by atomic mass is 35.5. The van der Waals surface area contributed by atoms with Crippen LogP contribution in [0.15, 0.2) is 71.6 Å². The molecule has 1 N–H and O–H groups in total. The molecule has 0 aliphatic heterocycles. The maximum absolute atomic E-state index is 14.4. The standard InChI is InChI=1S/C35H43Cl2N3O4S/c1-5-33(35(42)38-29-9-7-6-8-10-29)39(22-27-13-16-28(36)21-32(27)37)34(41)23-40(30-17-14-26(15-18-30)24(2)3)45(43,44)31-19-11-25(4)12-20-31/h11-21,24,29,33H,5-10,22-23H2,1-4H3,(H,38,42). The van der Waals surface area contributed by atoms with Crippen molar-refractivity contribution in [3.05, 3.63) is 93.5 Å². The molecule has 1 aliphatic rings. The Morgan fingerprint density at radius 2 is 1.58 bits per heavy atom. The van der Waals surface area contributed by atoms with Crippen LogP contribution >= 0.6 is 23.2 Å². The average Bonchev–Trinajstić information content (AvgIpc) is 3.01. The topological polar surface area (TPSA) is 86.8 Å². The molecule has 1 aliphatic carbocycles. The lowest BCUT2D eigenvalue weighted by Crippen LogP contribution is -2.54. The van der Waals surface area contributed by atoms with Crippen LogP contribution in [0.5, 0.6) is 0 Å². The fourth-order valence-electron chi connectivity index (χ4n) is 5.69. The van der Waals surface area contributed by atoms with E-state index in [0.29, 0.717) is 27.7 Å². The number of anilines is 1. The number of carbonyl (C=O) groups is 2. The molecule has 7 nitrogen and oxygen atoms in total. The summed E-state index contributed by atoms with van der Waals surface area (Å²) in [5.74, 6) is -0.525. The van der Waals surface area contributed by atoms with E-state index in [1.165, 1.54) is 4.90 Å². The van der Waals surface area contributed by atoms with Crippen molar-refractivity contribution in [3.63, 3.8) is 0 Å². The number of halogens is 2. The molecule has 0 aromatic heterocycles. The summed E-state index contributed by atoms with van der Waals surface area (Å²) in [5, 5.41) is 3.96. The quantitative estimate of drug-likeness (QED) is 0.212. The minimum atomic E-state index is -4.15. The molecule has 0 bridgehead atoms. The van der Waals surface area contributed by atoms with Gasteiger partial charge in [-0.3, -0.25) is 13.9 Å². The second-order valence-electron chi connectivity index (χ2n) is 12.1. The first-order valence-electron chi connectivity index (χ1n) is 15.6. The maximum Gasteiger partial charge on any atom is 0.264 e. The molecule has 4 rings (SSSR count). The Balaban J connectivity index is 1.74. The number of sulfonamides is 1. The van der Waals surface area contributed by atoms with E-state index in [4.69, 9.17) is 23.2 Å². The molecule has 0 spiro atoms. The average molecular weight is 673 g/mol. The van der Waals surface area contributed by atoms with Crippen LogP contribution in [0.25, 0.3) is 0 Å². The molecule has 0 heterocycles. The molecule has 242 valence electrons. The fraction of sp³-hybridized carbons (Fsp3) is 0.429. The number of hydrogen-bond donors (Lipinski definition) is 1. The fourth-order valence-corrected chi connectivity index (χ4v) is 7.57. The SMILES string of the molecule is CCC(C(=O)NC1CCCCC1)N(Cc1ccc(Cl)cc1Cl)C(=O)CN(c1ccc(C(C)C)cc1)S(=O)(=O)c1ccc(C)cc1. The summed E-state index contributed by atoms with van der Waals surface area (Å²) in [4.78, 5) is 29.6. The third-order valence-corrected chi connectivity index (χ3v) is 10.8. The largest absolute Gasteiger partial charge is 0.352 e. The highest BCUT2D eigenvalue weighted by molar-refractivity contribution is 7.92. The van der Waals surface area contributed by atoms with Gasteiger partial charge in [0.15, 0.2) is 0 Å². The van der Waals surface area contributed by atoms with E-state index in [-0.39, 0.29) is 29.3 Å². The van der Waals surface area contributed by atoms with Crippen LogP contribution in [0.1, 0.15) is 81.9 Å². The van der Waals surface area contributed by atoms with Gasteiger partial charge in [0.05, 0.1) is 10.6 Å². The van der Waals surface area contributed by atoms with E-state index in [9.17, 15) is 18.0 Å². The summed E-state index contributed by atoms with van der Waals surface area (Å²) < 4.78 is 29.4. The summed E-state index contributed by atoms with van der Waals surface area (Å²) >= 11 is 12.7. The van der Waals surface area contributed by atoms with Crippen LogP contribution < -0.4 is 9.62 Å². The van der Waals surface area contributed by atoms with Gasteiger partial charge in [-0.05, 0) is 79.6 Å². The number of carbonyl (C=O) groups excluding carboxylic acids is 2. The van der Waals surface area contributed by atoms with E-state index in [0.717, 1.165) is 47.5 Å². The molecule has 45 heavy (non-hydrogen) atoms. The van der Waals surface area contributed by atoms with Crippen LogP contribution in [0.2, 0.25) is 10.0 Å². The first-order valence-corrected chi connectivity index (χ1v) is 17.8. The Morgan fingerprint density at radius 3 is 2.16 bits per heavy atom. The van der Waals surface area contributed by atoms with Gasteiger partial charge in [-0.15, -0.1) is 0 Å². The molecule has 3 aromatic rings. The van der Waals surface area contributed by atoms with Gasteiger partial charge in [-0.25, -0.2) is 8.42 Å². The van der Waals surface area contributed by atoms with E-state index in [1.807, 2.05) is 26.0 Å². The van der Waals surface area contributed by atoms with E-state index in [1.54, 1.807) is 54.6 Å².